The van der Waals surface area contributed by atoms with Crippen LogP contribution in [0.25, 0.3) is 0 Å². The van der Waals surface area contributed by atoms with Gasteiger partial charge in [0.1, 0.15) is 0 Å². The number of aryl methyl sites for hydroxylation is 2. The Labute approximate surface area is 185 Å². The molecule has 1 aromatic carbocycles. The minimum absolute atomic E-state index is 0.109. The second-order valence-electron chi connectivity index (χ2n) is 7.54. The van der Waals surface area contributed by atoms with Gasteiger partial charge in [-0.3, -0.25) is 9.48 Å². The third kappa shape index (κ3) is 6.78. The largest absolute Gasteiger partial charge is 0.383 e. The van der Waals surface area contributed by atoms with Gasteiger partial charge in [0, 0.05) is 57.9 Å². The van der Waals surface area contributed by atoms with Crippen molar-refractivity contribution in [3.05, 3.63) is 46.3 Å². The monoisotopic (exact) mass is 432 g/mol. The molecule has 2 aromatic rings. The Hall–Kier alpha value is -2.42. The number of nitrogens with one attached hydrogen (secondary N) is 1. The van der Waals surface area contributed by atoms with E-state index < -0.39 is 0 Å². The molecule has 0 bridgehead atoms. The number of benzene rings is 1. The molecule has 172 valence electrons. The first-order valence-electron chi connectivity index (χ1n) is 10.6. The van der Waals surface area contributed by atoms with Crippen LogP contribution in [0.1, 0.15) is 32.9 Å². The van der Waals surface area contributed by atoms with Crippen molar-refractivity contribution in [2.45, 2.75) is 33.9 Å². The Morgan fingerprint density at radius 1 is 1.03 bits per heavy atom. The standard InChI is InChI=1S/C23H36N4O4/c1-17-7-8-22(26(9-12-29-4)10-13-30-5)20(15-17)23(28)24-16-21-18(2)25-27(19(21)3)11-14-31-6/h7-8,15H,9-14,16H2,1-6H3,(H,24,28). The molecule has 0 aliphatic rings. The summed E-state index contributed by atoms with van der Waals surface area (Å²) in [5.41, 5.74) is 5.55. The summed E-state index contributed by atoms with van der Waals surface area (Å²) in [7, 11) is 5.03. The number of ether oxygens (including phenoxy) is 3. The van der Waals surface area contributed by atoms with Crippen LogP contribution in [0.5, 0.6) is 0 Å². The predicted octanol–water partition coefficient (Wildman–Crippen LogP) is 2.48. The van der Waals surface area contributed by atoms with Crippen LogP contribution < -0.4 is 10.2 Å². The van der Waals surface area contributed by atoms with Crippen LogP contribution in [0.15, 0.2) is 18.2 Å². The lowest BCUT2D eigenvalue weighted by molar-refractivity contribution is 0.0951. The summed E-state index contributed by atoms with van der Waals surface area (Å²) < 4.78 is 17.6. The fourth-order valence-electron chi connectivity index (χ4n) is 3.51. The van der Waals surface area contributed by atoms with Crippen LogP contribution in [-0.4, -0.2) is 69.9 Å². The van der Waals surface area contributed by atoms with Gasteiger partial charge < -0.3 is 24.4 Å². The van der Waals surface area contributed by atoms with Gasteiger partial charge in [-0.1, -0.05) is 11.6 Å². The summed E-state index contributed by atoms with van der Waals surface area (Å²) in [6.45, 7) is 10.2. The van der Waals surface area contributed by atoms with Gasteiger partial charge in [-0.15, -0.1) is 0 Å². The second kappa shape index (κ2) is 12.4. The van der Waals surface area contributed by atoms with Crippen molar-refractivity contribution in [3.63, 3.8) is 0 Å². The maximum atomic E-state index is 13.2. The number of amides is 1. The topological polar surface area (TPSA) is 77.9 Å². The van der Waals surface area contributed by atoms with E-state index >= 15 is 0 Å². The number of nitrogens with zero attached hydrogens (tertiary/aromatic N) is 3. The number of hydrogen-bond donors (Lipinski definition) is 1. The van der Waals surface area contributed by atoms with E-state index in [1.165, 1.54) is 0 Å². The van der Waals surface area contributed by atoms with E-state index in [-0.39, 0.29) is 5.91 Å². The van der Waals surface area contributed by atoms with Crippen molar-refractivity contribution >= 4 is 11.6 Å². The number of hydrogen-bond acceptors (Lipinski definition) is 6. The molecule has 0 atom stereocenters. The summed E-state index contributed by atoms with van der Waals surface area (Å²) in [5.74, 6) is -0.109. The summed E-state index contributed by atoms with van der Waals surface area (Å²) in [6.07, 6.45) is 0. The van der Waals surface area contributed by atoms with Gasteiger partial charge in [0.25, 0.3) is 5.91 Å². The molecule has 1 amide bonds. The molecule has 0 aliphatic heterocycles. The molecule has 0 saturated carbocycles. The summed E-state index contributed by atoms with van der Waals surface area (Å²) in [5, 5.41) is 7.66. The van der Waals surface area contributed by atoms with Crippen molar-refractivity contribution in [2.24, 2.45) is 0 Å². The molecule has 0 spiro atoms. The normalized spacial score (nSPS) is 11.0. The van der Waals surface area contributed by atoms with Crippen molar-refractivity contribution in [1.29, 1.82) is 0 Å². The molecule has 0 aliphatic carbocycles. The van der Waals surface area contributed by atoms with Gasteiger partial charge in [0.15, 0.2) is 0 Å². The third-order valence-electron chi connectivity index (χ3n) is 5.33. The number of rotatable bonds is 13. The molecule has 8 nitrogen and oxygen atoms in total. The molecule has 0 fully saturated rings. The number of carbonyl (C=O) groups is 1. The summed E-state index contributed by atoms with van der Waals surface area (Å²) in [4.78, 5) is 15.3. The fraction of sp³-hybridized carbons (Fsp3) is 0.565. The lowest BCUT2D eigenvalue weighted by atomic mass is 10.1. The van der Waals surface area contributed by atoms with E-state index in [2.05, 4.69) is 15.3 Å². The maximum absolute atomic E-state index is 13.2. The Kier molecular flexibility index (Phi) is 9.97. The Balaban J connectivity index is 2.21. The van der Waals surface area contributed by atoms with Gasteiger partial charge in [-0.2, -0.15) is 5.10 Å². The van der Waals surface area contributed by atoms with Crippen molar-refractivity contribution in [2.75, 3.05) is 59.1 Å². The molecule has 2 rings (SSSR count). The van der Waals surface area contributed by atoms with Crippen LogP contribution >= 0.6 is 0 Å². The highest BCUT2D eigenvalue weighted by Crippen LogP contribution is 2.23. The van der Waals surface area contributed by atoms with E-state index in [4.69, 9.17) is 14.2 Å². The lowest BCUT2D eigenvalue weighted by Gasteiger charge is -2.26. The average Bonchev–Trinajstić information content (AvgIpc) is 3.03. The maximum Gasteiger partial charge on any atom is 0.253 e. The molecule has 8 heteroatoms. The fourth-order valence-corrected chi connectivity index (χ4v) is 3.51. The van der Waals surface area contributed by atoms with E-state index in [0.29, 0.717) is 51.6 Å². The molecule has 0 unspecified atom stereocenters. The first-order chi connectivity index (χ1) is 14.9. The smallest absolute Gasteiger partial charge is 0.253 e. The number of methoxy groups -OCH3 is 3. The quantitative estimate of drug-likeness (QED) is 0.524. The Morgan fingerprint density at radius 3 is 2.29 bits per heavy atom. The molecule has 1 heterocycles. The number of carbonyl (C=O) groups excluding carboxylic acids is 1. The molecule has 1 aromatic heterocycles. The van der Waals surface area contributed by atoms with E-state index in [0.717, 1.165) is 28.2 Å². The zero-order valence-electron chi connectivity index (χ0n) is 19.7. The highest BCUT2D eigenvalue weighted by molar-refractivity contribution is 6.00. The first kappa shape index (κ1) is 24.8. The van der Waals surface area contributed by atoms with Crippen LogP contribution in [-0.2, 0) is 27.3 Å². The van der Waals surface area contributed by atoms with Crippen LogP contribution in [0.2, 0.25) is 0 Å². The predicted molar refractivity (Wildman–Crippen MR) is 122 cm³/mol. The lowest BCUT2D eigenvalue weighted by Crippen LogP contribution is -2.33. The SMILES string of the molecule is COCCN(CCOC)c1ccc(C)cc1C(=O)NCc1c(C)nn(CCOC)c1C. The Bertz CT molecular complexity index is 842. The first-order valence-corrected chi connectivity index (χ1v) is 10.6. The molecular weight excluding hydrogens is 396 g/mol. The number of anilines is 1. The molecular formula is C23H36N4O4. The summed E-state index contributed by atoms with van der Waals surface area (Å²) >= 11 is 0. The Morgan fingerprint density at radius 2 is 1.68 bits per heavy atom. The van der Waals surface area contributed by atoms with Gasteiger partial charge in [-0.25, -0.2) is 0 Å². The van der Waals surface area contributed by atoms with Crippen molar-refractivity contribution in [3.8, 4) is 0 Å². The third-order valence-corrected chi connectivity index (χ3v) is 5.33. The van der Waals surface area contributed by atoms with Crippen LogP contribution in [0.3, 0.4) is 0 Å². The minimum Gasteiger partial charge on any atom is -0.383 e. The molecule has 31 heavy (non-hydrogen) atoms. The van der Waals surface area contributed by atoms with E-state index in [9.17, 15) is 4.79 Å². The highest BCUT2D eigenvalue weighted by atomic mass is 16.5. The second-order valence-corrected chi connectivity index (χ2v) is 7.54. The van der Waals surface area contributed by atoms with Crippen LogP contribution in [0, 0.1) is 20.8 Å². The zero-order chi connectivity index (χ0) is 22.8. The van der Waals surface area contributed by atoms with E-state index in [1.807, 2.05) is 43.7 Å². The van der Waals surface area contributed by atoms with Crippen molar-refractivity contribution < 1.29 is 19.0 Å². The average molecular weight is 433 g/mol. The minimum atomic E-state index is -0.109. The summed E-state index contributed by atoms with van der Waals surface area (Å²) in [6, 6.07) is 5.95. The van der Waals surface area contributed by atoms with Crippen LogP contribution in [0.4, 0.5) is 5.69 Å². The molecule has 0 saturated heterocycles. The van der Waals surface area contributed by atoms with Gasteiger partial charge in [0.05, 0.1) is 37.6 Å². The van der Waals surface area contributed by atoms with E-state index in [1.54, 1.807) is 21.3 Å². The molecule has 0 radical (unpaired) electrons. The highest BCUT2D eigenvalue weighted by Gasteiger charge is 2.18. The van der Waals surface area contributed by atoms with Crippen molar-refractivity contribution in [1.82, 2.24) is 15.1 Å². The van der Waals surface area contributed by atoms with Gasteiger partial charge in [-0.05, 0) is 32.9 Å². The van der Waals surface area contributed by atoms with Gasteiger partial charge >= 0.3 is 0 Å². The molecule has 1 N–H and O–H groups in total. The van der Waals surface area contributed by atoms with Gasteiger partial charge in [0.2, 0.25) is 0 Å². The number of aromatic nitrogens is 2. The zero-order valence-corrected chi connectivity index (χ0v) is 19.7.